The Hall–Kier alpha value is -2.29. The first-order chi connectivity index (χ1) is 18.3. The maximum Gasteiger partial charge on any atom is 0.231 e. The number of aliphatic hydroxyl groups excluding tert-OH is 1. The van der Waals surface area contributed by atoms with Crippen LogP contribution in [0.4, 0.5) is 10.2 Å². The molecule has 5 rings (SSSR count). The van der Waals surface area contributed by atoms with Crippen LogP contribution in [0.1, 0.15) is 95.6 Å². The van der Waals surface area contributed by atoms with Gasteiger partial charge in [-0.3, -0.25) is 9.69 Å². The van der Waals surface area contributed by atoms with Crippen molar-refractivity contribution in [1.82, 2.24) is 19.8 Å². The molecule has 0 spiro atoms. The molecule has 2 aromatic rings. The van der Waals surface area contributed by atoms with E-state index in [9.17, 15) is 9.90 Å². The van der Waals surface area contributed by atoms with Gasteiger partial charge in [0.2, 0.25) is 5.91 Å². The van der Waals surface area contributed by atoms with Crippen molar-refractivity contribution in [2.45, 2.75) is 95.9 Å². The van der Waals surface area contributed by atoms with E-state index in [1.807, 2.05) is 4.90 Å². The number of likely N-dealkylation sites (tertiary alicyclic amines) is 1. The zero-order valence-corrected chi connectivity index (χ0v) is 24.7. The molecule has 2 fully saturated rings. The van der Waals surface area contributed by atoms with Crippen LogP contribution >= 0.6 is 11.6 Å². The van der Waals surface area contributed by atoms with E-state index in [1.165, 1.54) is 12.4 Å². The first-order valence-electron chi connectivity index (χ1n) is 14.1. The van der Waals surface area contributed by atoms with Crippen LogP contribution in [-0.4, -0.2) is 74.1 Å². The second-order valence-corrected chi connectivity index (χ2v) is 13.5. The van der Waals surface area contributed by atoms with Crippen LogP contribution in [0.2, 0.25) is 5.02 Å². The van der Waals surface area contributed by atoms with Gasteiger partial charge in [-0.15, -0.1) is 0 Å². The van der Waals surface area contributed by atoms with E-state index in [4.69, 9.17) is 11.6 Å². The Kier molecular flexibility index (Phi) is 7.44. The van der Waals surface area contributed by atoms with Crippen LogP contribution in [-0.2, 0) is 4.79 Å². The highest BCUT2D eigenvalue weighted by molar-refractivity contribution is 6.30. The number of aromatic nitrogens is 2. The fraction of sp³-hybridized carbons (Fsp3) is 0.633. The summed E-state index contributed by atoms with van der Waals surface area (Å²) in [6, 6.07) is 4.57. The van der Waals surface area contributed by atoms with Gasteiger partial charge in [0.1, 0.15) is 18.0 Å². The van der Waals surface area contributed by atoms with E-state index >= 15 is 4.39 Å². The molecule has 0 bridgehead atoms. The van der Waals surface area contributed by atoms with Crippen molar-refractivity contribution in [3.8, 4) is 0 Å². The van der Waals surface area contributed by atoms with Gasteiger partial charge in [0.15, 0.2) is 0 Å². The molecule has 2 aliphatic heterocycles. The summed E-state index contributed by atoms with van der Waals surface area (Å²) in [5.74, 6) is -0.0647. The van der Waals surface area contributed by atoms with E-state index in [0.717, 1.165) is 29.9 Å². The summed E-state index contributed by atoms with van der Waals surface area (Å²) in [4.78, 5) is 29.8. The Bertz CT molecular complexity index is 1240. The number of halogens is 2. The summed E-state index contributed by atoms with van der Waals surface area (Å²) in [6.07, 6.45) is 3.36. The molecular weight excluding hydrogens is 517 g/mol. The standard InChI is InChI=1S/C30H41ClFN5O2/c1-18-15-23(38)26-24(18)27(34-17-33-26)35-11-13-36(14-12-35)28(39)25(20-8-7-19(31)16-21(20)32)22-9-10-30(5,6)37(22)29(2,3)4/h7-8,16-18,22-23,25,38H,9-15H2,1-6H3/t18-,22+,23-,25+/m1/s1. The number of carbonyl (C=O) groups is 1. The molecule has 9 heteroatoms. The molecule has 1 aromatic carbocycles. The molecule has 39 heavy (non-hydrogen) atoms. The summed E-state index contributed by atoms with van der Waals surface area (Å²) in [6.45, 7) is 15.3. The van der Waals surface area contributed by atoms with Crippen molar-refractivity contribution in [1.29, 1.82) is 0 Å². The van der Waals surface area contributed by atoms with E-state index in [-0.39, 0.29) is 28.9 Å². The fourth-order valence-electron chi connectivity index (χ4n) is 7.47. The number of carbonyl (C=O) groups excluding carboxylic acids is 1. The first kappa shape index (κ1) is 28.2. The summed E-state index contributed by atoms with van der Waals surface area (Å²) < 4.78 is 15.5. The van der Waals surface area contributed by atoms with Crippen molar-refractivity contribution < 1.29 is 14.3 Å². The third kappa shape index (κ3) is 5.16. The molecule has 0 radical (unpaired) electrons. The lowest BCUT2D eigenvalue weighted by molar-refractivity contribution is -0.135. The van der Waals surface area contributed by atoms with Crippen LogP contribution in [0, 0.1) is 5.82 Å². The number of fused-ring (bicyclic) bond motifs is 1. The lowest BCUT2D eigenvalue weighted by Crippen LogP contribution is -2.58. The molecule has 4 atom stereocenters. The molecular formula is C30H41ClFN5O2. The maximum absolute atomic E-state index is 15.5. The maximum atomic E-state index is 15.5. The van der Waals surface area contributed by atoms with Gasteiger partial charge in [0.25, 0.3) is 0 Å². The highest BCUT2D eigenvalue weighted by Gasteiger charge is 2.51. The summed E-state index contributed by atoms with van der Waals surface area (Å²) >= 11 is 6.11. The van der Waals surface area contributed by atoms with Crippen molar-refractivity contribution in [3.63, 3.8) is 0 Å². The Morgan fingerprint density at radius 2 is 1.87 bits per heavy atom. The van der Waals surface area contributed by atoms with Gasteiger partial charge in [0, 0.05) is 59.4 Å². The second-order valence-electron chi connectivity index (χ2n) is 13.1. The average molecular weight is 558 g/mol. The Balaban J connectivity index is 1.43. The average Bonchev–Trinajstić information content (AvgIpc) is 3.35. The summed E-state index contributed by atoms with van der Waals surface area (Å²) in [5.41, 5.74) is 1.84. The largest absolute Gasteiger partial charge is 0.387 e. The van der Waals surface area contributed by atoms with Crippen LogP contribution in [0.3, 0.4) is 0 Å². The Labute approximate surface area is 236 Å². The minimum absolute atomic E-state index is 0.0375. The number of hydrogen-bond acceptors (Lipinski definition) is 6. The van der Waals surface area contributed by atoms with Gasteiger partial charge in [-0.1, -0.05) is 24.6 Å². The fourth-order valence-corrected chi connectivity index (χ4v) is 7.63. The molecule has 0 saturated carbocycles. The third-order valence-corrected chi connectivity index (χ3v) is 9.11. The minimum atomic E-state index is -0.631. The van der Waals surface area contributed by atoms with Crippen LogP contribution in [0.25, 0.3) is 0 Å². The number of amides is 1. The zero-order chi connectivity index (χ0) is 28.3. The monoisotopic (exact) mass is 557 g/mol. The van der Waals surface area contributed by atoms with Gasteiger partial charge in [-0.2, -0.15) is 0 Å². The summed E-state index contributed by atoms with van der Waals surface area (Å²) in [7, 11) is 0. The quantitative estimate of drug-likeness (QED) is 0.551. The lowest BCUT2D eigenvalue weighted by Gasteiger charge is -2.48. The molecule has 3 heterocycles. The second kappa shape index (κ2) is 10.3. The van der Waals surface area contributed by atoms with Crippen molar-refractivity contribution in [2.75, 3.05) is 31.1 Å². The number of rotatable bonds is 4. The van der Waals surface area contributed by atoms with Gasteiger partial charge in [-0.05, 0) is 71.9 Å². The van der Waals surface area contributed by atoms with Crippen molar-refractivity contribution in [2.24, 2.45) is 0 Å². The van der Waals surface area contributed by atoms with E-state index in [2.05, 4.69) is 61.3 Å². The number of aliphatic hydroxyl groups is 1. The molecule has 1 N–H and O–H groups in total. The predicted molar refractivity (Wildman–Crippen MR) is 152 cm³/mol. The smallest absolute Gasteiger partial charge is 0.231 e. The van der Waals surface area contributed by atoms with E-state index in [1.54, 1.807) is 12.1 Å². The van der Waals surface area contributed by atoms with Crippen molar-refractivity contribution >= 4 is 23.3 Å². The van der Waals surface area contributed by atoms with Crippen LogP contribution in [0.15, 0.2) is 24.5 Å². The Morgan fingerprint density at radius 1 is 1.18 bits per heavy atom. The number of anilines is 1. The molecule has 1 aromatic heterocycles. The van der Waals surface area contributed by atoms with Crippen molar-refractivity contribution in [3.05, 3.63) is 52.2 Å². The topological polar surface area (TPSA) is 72.8 Å². The molecule has 212 valence electrons. The molecule has 0 unspecified atom stereocenters. The van der Waals surface area contributed by atoms with Crippen LogP contribution < -0.4 is 4.90 Å². The molecule has 7 nitrogen and oxygen atoms in total. The lowest BCUT2D eigenvalue weighted by atomic mass is 9.86. The first-order valence-corrected chi connectivity index (χ1v) is 14.5. The number of benzene rings is 1. The molecule has 1 amide bonds. The molecule has 1 aliphatic carbocycles. The normalized spacial score (nSPS) is 26.1. The predicted octanol–water partition coefficient (Wildman–Crippen LogP) is 5.28. The number of nitrogens with zero attached hydrogens (tertiary/aromatic N) is 5. The van der Waals surface area contributed by atoms with Gasteiger partial charge < -0.3 is 14.9 Å². The SMILES string of the molecule is C[C@@H]1C[C@@H](O)c2ncnc(N3CCN(C(=O)[C@@H](c4ccc(Cl)cc4F)[C@@H]4CCC(C)(C)N4C(C)(C)C)CC3)c21. The molecule has 3 aliphatic rings. The highest BCUT2D eigenvalue weighted by Crippen LogP contribution is 2.46. The van der Waals surface area contributed by atoms with Gasteiger partial charge in [-0.25, -0.2) is 14.4 Å². The van der Waals surface area contributed by atoms with Crippen LogP contribution in [0.5, 0.6) is 0 Å². The van der Waals surface area contributed by atoms with E-state index in [0.29, 0.717) is 43.2 Å². The van der Waals surface area contributed by atoms with Gasteiger partial charge in [0.05, 0.1) is 17.7 Å². The highest BCUT2D eigenvalue weighted by atomic mass is 35.5. The van der Waals surface area contributed by atoms with E-state index < -0.39 is 17.8 Å². The molecule has 2 saturated heterocycles. The van der Waals surface area contributed by atoms with Gasteiger partial charge >= 0.3 is 0 Å². The third-order valence-electron chi connectivity index (χ3n) is 8.88. The minimum Gasteiger partial charge on any atom is -0.387 e. The number of piperazine rings is 1. The zero-order valence-electron chi connectivity index (χ0n) is 23.9. The number of hydrogen-bond donors (Lipinski definition) is 1. The Morgan fingerprint density at radius 3 is 2.51 bits per heavy atom. The summed E-state index contributed by atoms with van der Waals surface area (Å²) in [5, 5.41) is 10.7.